The highest BCUT2D eigenvalue weighted by Gasteiger charge is 2.67. The van der Waals surface area contributed by atoms with Gasteiger partial charge in [0.2, 0.25) is 0 Å². The topological polar surface area (TPSA) is 58.9 Å². The van der Waals surface area contributed by atoms with Crippen LogP contribution >= 0.6 is 0 Å². The second-order valence-corrected chi connectivity index (χ2v) is 8.95. The van der Waals surface area contributed by atoms with Crippen LogP contribution < -0.4 is 0 Å². The molecule has 0 bridgehead atoms. The van der Waals surface area contributed by atoms with Gasteiger partial charge in [0.05, 0.1) is 19.3 Å². The predicted octanol–water partition coefficient (Wildman–Crippen LogP) is 3.21. The van der Waals surface area contributed by atoms with Crippen molar-refractivity contribution in [2.45, 2.75) is 57.3 Å². The molecule has 1 saturated heterocycles. The third-order valence-electron chi connectivity index (χ3n) is 7.84. The number of ether oxygens (including phenoxy) is 2. The van der Waals surface area contributed by atoms with Crippen molar-refractivity contribution in [2.24, 2.45) is 23.2 Å². The minimum Gasteiger partial charge on any atom is -0.508 e. The Morgan fingerprint density at radius 1 is 1.20 bits per heavy atom. The monoisotopic (exact) mass is 344 g/mol. The average molecular weight is 344 g/mol. The molecule has 1 aliphatic heterocycles. The van der Waals surface area contributed by atoms with Crippen molar-refractivity contribution in [3.63, 3.8) is 0 Å². The first-order valence-corrected chi connectivity index (χ1v) is 9.73. The van der Waals surface area contributed by atoms with E-state index in [1.165, 1.54) is 11.1 Å². The molecule has 2 N–H and O–H groups in total. The standard InChI is InChI=1S/C21H28O4/c1-12-9-13-10-14(22)3-4-15(13)19-17(23)11-20(2)16(18(12)19)5-6-21(20)24-7-8-25-21/h3-4,10,12,16-19,22-23H,5-9,11H2,1-2H3. The molecule has 1 aromatic rings. The summed E-state index contributed by atoms with van der Waals surface area (Å²) in [6, 6.07) is 5.70. The third-order valence-corrected chi connectivity index (χ3v) is 7.84. The van der Waals surface area contributed by atoms with Crippen molar-refractivity contribution in [3.05, 3.63) is 29.3 Å². The fourth-order valence-corrected chi connectivity index (χ4v) is 6.90. The van der Waals surface area contributed by atoms with Crippen molar-refractivity contribution in [3.8, 4) is 5.75 Å². The lowest BCUT2D eigenvalue weighted by molar-refractivity contribution is -0.248. The summed E-state index contributed by atoms with van der Waals surface area (Å²) in [6.45, 7) is 5.94. The molecule has 6 atom stereocenters. The van der Waals surface area contributed by atoms with Crippen molar-refractivity contribution in [1.29, 1.82) is 0 Å². The van der Waals surface area contributed by atoms with Crippen LogP contribution in [0.4, 0.5) is 0 Å². The van der Waals surface area contributed by atoms with Gasteiger partial charge in [-0.15, -0.1) is 0 Å². The Balaban J connectivity index is 1.59. The first-order chi connectivity index (χ1) is 12.0. The van der Waals surface area contributed by atoms with E-state index in [4.69, 9.17) is 9.47 Å². The number of aliphatic hydroxyl groups excluding tert-OH is 1. The Kier molecular flexibility index (Phi) is 3.36. The van der Waals surface area contributed by atoms with Gasteiger partial charge in [0, 0.05) is 17.8 Å². The summed E-state index contributed by atoms with van der Waals surface area (Å²) in [4.78, 5) is 0. The molecular formula is C21H28O4. The number of phenols is 1. The Morgan fingerprint density at radius 2 is 1.96 bits per heavy atom. The molecule has 3 aliphatic carbocycles. The summed E-state index contributed by atoms with van der Waals surface area (Å²) in [5.74, 6) is 1.43. The van der Waals surface area contributed by atoms with Crippen molar-refractivity contribution in [1.82, 2.24) is 0 Å². The third kappa shape index (κ3) is 1.99. The lowest BCUT2D eigenvalue weighted by Gasteiger charge is -2.56. The number of hydrogen-bond acceptors (Lipinski definition) is 4. The molecule has 25 heavy (non-hydrogen) atoms. The van der Waals surface area contributed by atoms with Gasteiger partial charge in [0.1, 0.15) is 5.75 Å². The Labute approximate surface area is 149 Å². The van der Waals surface area contributed by atoms with Crippen molar-refractivity contribution >= 4 is 0 Å². The van der Waals surface area contributed by atoms with Crippen molar-refractivity contribution < 1.29 is 19.7 Å². The number of fused-ring (bicyclic) bond motifs is 6. The maximum atomic E-state index is 11.2. The van der Waals surface area contributed by atoms with Crippen molar-refractivity contribution in [2.75, 3.05) is 13.2 Å². The van der Waals surface area contributed by atoms with E-state index < -0.39 is 5.79 Å². The molecule has 2 saturated carbocycles. The molecule has 0 aromatic heterocycles. The molecule has 4 heteroatoms. The zero-order chi connectivity index (χ0) is 17.4. The van der Waals surface area contributed by atoms with Gasteiger partial charge < -0.3 is 19.7 Å². The minimum absolute atomic E-state index is 0.118. The zero-order valence-electron chi connectivity index (χ0n) is 15.1. The fraction of sp³-hybridized carbons (Fsp3) is 0.714. The predicted molar refractivity (Wildman–Crippen MR) is 93.3 cm³/mol. The highest BCUT2D eigenvalue weighted by Crippen LogP contribution is 2.67. The molecule has 3 fully saturated rings. The van der Waals surface area contributed by atoms with Crippen LogP contribution in [0.2, 0.25) is 0 Å². The van der Waals surface area contributed by atoms with Crippen LogP contribution in [0.3, 0.4) is 0 Å². The Morgan fingerprint density at radius 3 is 2.72 bits per heavy atom. The van der Waals surface area contributed by atoms with E-state index in [0.29, 0.717) is 36.7 Å². The molecule has 4 nitrogen and oxygen atoms in total. The molecule has 6 unspecified atom stereocenters. The van der Waals surface area contributed by atoms with Gasteiger partial charge in [0.25, 0.3) is 0 Å². The van der Waals surface area contributed by atoms with Gasteiger partial charge >= 0.3 is 0 Å². The normalized spacial score (nSPS) is 44.4. The lowest BCUT2D eigenvalue weighted by Crippen LogP contribution is -2.56. The second kappa shape index (κ2) is 5.21. The van der Waals surface area contributed by atoms with Gasteiger partial charge in [-0.1, -0.05) is 19.9 Å². The summed E-state index contributed by atoms with van der Waals surface area (Å²) in [5.41, 5.74) is 2.33. The van der Waals surface area contributed by atoms with E-state index in [0.717, 1.165) is 25.7 Å². The molecule has 1 spiro atoms. The van der Waals surface area contributed by atoms with E-state index in [2.05, 4.69) is 13.8 Å². The zero-order valence-corrected chi connectivity index (χ0v) is 15.1. The van der Waals surface area contributed by atoms with Crippen LogP contribution in [0.1, 0.15) is 50.2 Å². The van der Waals surface area contributed by atoms with Crippen LogP contribution in [-0.2, 0) is 15.9 Å². The smallest absolute Gasteiger partial charge is 0.174 e. The quantitative estimate of drug-likeness (QED) is 0.759. The summed E-state index contributed by atoms with van der Waals surface area (Å²) in [6.07, 6.45) is 3.37. The maximum Gasteiger partial charge on any atom is 0.174 e. The molecule has 0 amide bonds. The van der Waals surface area contributed by atoms with Gasteiger partial charge in [0.15, 0.2) is 5.79 Å². The highest BCUT2D eigenvalue weighted by molar-refractivity contribution is 5.41. The summed E-state index contributed by atoms with van der Waals surface area (Å²) >= 11 is 0. The van der Waals surface area contributed by atoms with Crippen LogP contribution in [0.25, 0.3) is 0 Å². The molecule has 136 valence electrons. The van der Waals surface area contributed by atoms with E-state index in [9.17, 15) is 10.2 Å². The number of aromatic hydroxyl groups is 1. The number of benzene rings is 1. The van der Waals surface area contributed by atoms with Crippen LogP contribution in [-0.4, -0.2) is 35.3 Å². The number of hydrogen-bond donors (Lipinski definition) is 2. The van der Waals surface area contributed by atoms with Gasteiger partial charge in [-0.3, -0.25) is 0 Å². The largest absolute Gasteiger partial charge is 0.508 e. The number of rotatable bonds is 0. The summed E-state index contributed by atoms with van der Waals surface area (Å²) in [5, 5.41) is 21.1. The first-order valence-electron chi connectivity index (χ1n) is 9.73. The van der Waals surface area contributed by atoms with E-state index >= 15 is 0 Å². The highest BCUT2D eigenvalue weighted by atomic mass is 16.7. The maximum absolute atomic E-state index is 11.2. The molecule has 4 aliphatic rings. The molecular weight excluding hydrogens is 316 g/mol. The van der Waals surface area contributed by atoms with Gasteiger partial charge in [-0.2, -0.15) is 0 Å². The second-order valence-electron chi connectivity index (χ2n) is 8.95. The number of phenolic OH excluding ortho intramolecular Hbond substituents is 1. The molecule has 5 rings (SSSR count). The van der Waals surface area contributed by atoms with Gasteiger partial charge in [-0.25, -0.2) is 0 Å². The van der Waals surface area contributed by atoms with Crippen LogP contribution in [0.5, 0.6) is 5.75 Å². The van der Waals surface area contributed by atoms with E-state index in [1.54, 1.807) is 6.07 Å². The van der Waals surface area contributed by atoms with Crippen LogP contribution in [0, 0.1) is 23.2 Å². The number of aliphatic hydroxyl groups is 1. The average Bonchev–Trinajstić information content (AvgIpc) is 3.14. The molecule has 1 heterocycles. The Hall–Kier alpha value is -1.10. The molecule has 1 aromatic carbocycles. The summed E-state index contributed by atoms with van der Waals surface area (Å²) in [7, 11) is 0. The van der Waals surface area contributed by atoms with Gasteiger partial charge in [-0.05, 0) is 60.3 Å². The first kappa shape index (κ1) is 16.1. The van der Waals surface area contributed by atoms with E-state index in [-0.39, 0.29) is 17.4 Å². The summed E-state index contributed by atoms with van der Waals surface area (Å²) < 4.78 is 12.3. The minimum atomic E-state index is -0.488. The fourth-order valence-electron chi connectivity index (χ4n) is 6.90. The van der Waals surface area contributed by atoms with Crippen LogP contribution in [0.15, 0.2) is 18.2 Å². The van der Waals surface area contributed by atoms with E-state index in [1.807, 2.05) is 12.1 Å². The SMILES string of the molecule is CC1Cc2cc(O)ccc2C2C(O)CC3(C)C(CCC34OCCO4)C12. The molecule has 0 radical (unpaired) electrons. The lowest BCUT2D eigenvalue weighted by atomic mass is 9.51. The Bertz CT molecular complexity index is 695.